The van der Waals surface area contributed by atoms with Gasteiger partial charge in [0.2, 0.25) is 11.8 Å². The molecule has 10 heteroatoms. The van der Waals surface area contributed by atoms with Crippen molar-refractivity contribution in [2.45, 2.75) is 33.7 Å². The molecule has 4 amide bonds. The first-order chi connectivity index (χ1) is 13.9. The number of nitrogens with zero attached hydrogens (tertiary/aromatic N) is 1. The molecule has 0 aliphatic carbocycles. The predicted octanol–water partition coefficient (Wildman–Crippen LogP) is 3.70. The molecular weight excluding hydrogens is 449 g/mol. The minimum Gasteiger partial charge on any atom is -0.353 e. The first kappa shape index (κ1) is 24.2. The third-order valence-electron chi connectivity index (χ3n) is 4.20. The molecule has 7 nitrogen and oxygen atoms in total. The van der Waals surface area contributed by atoms with Gasteiger partial charge in [-0.2, -0.15) is 0 Å². The van der Waals surface area contributed by atoms with Gasteiger partial charge in [0.15, 0.2) is 0 Å². The van der Waals surface area contributed by atoms with E-state index in [1.807, 2.05) is 0 Å². The standard InChI is InChI=1S/C20H23Cl2N3O4S/c1-11(24-18(28)20(2,3)4)16(26)23-8-9-25-17(27)14(30-19(25)29)10-12-6-5-7-13(21)15(12)22/h5-7,10-11H,8-9H2,1-4H3,(H,23,26)(H,24,28)/b14-10-. The molecule has 1 aromatic rings. The van der Waals surface area contributed by atoms with Crippen molar-refractivity contribution in [1.29, 1.82) is 0 Å². The molecule has 1 fully saturated rings. The molecule has 1 heterocycles. The molecule has 30 heavy (non-hydrogen) atoms. The lowest BCUT2D eigenvalue weighted by Crippen LogP contribution is -2.49. The van der Waals surface area contributed by atoms with Crippen LogP contribution in [0.25, 0.3) is 6.08 Å². The van der Waals surface area contributed by atoms with Crippen LogP contribution in [0, 0.1) is 5.41 Å². The number of imide groups is 1. The van der Waals surface area contributed by atoms with Gasteiger partial charge in [-0.15, -0.1) is 0 Å². The molecule has 0 bridgehead atoms. The van der Waals surface area contributed by atoms with Crippen LogP contribution in [0.2, 0.25) is 10.0 Å². The molecule has 1 aliphatic rings. The fourth-order valence-corrected chi connectivity index (χ4v) is 3.61. The van der Waals surface area contributed by atoms with Crippen LogP contribution >= 0.6 is 35.0 Å². The van der Waals surface area contributed by atoms with E-state index in [9.17, 15) is 19.2 Å². The molecule has 0 spiro atoms. The fraction of sp³-hybridized carbons (Fsp3) is 0.400. The summed E-state index contributed by atoms with van der Waals surface area (Å²) in [5, 5.41) is 5.45. The van der Waals surface area contributed by atoms with Gasteiger partial charge in [0.05, 0.1) is 15.0 Å². The summed E-state index contributed by atoms with van der Waals surface area (Å²) in [7, 11) is 0. The zero-order chi connectivity index (χ0) is 22.6. The number of hydrogen-bond acceptors (Lipinski definition) is 5. The minimum atomic E-state index is -0.739. The fourth-order valence-electron chi connectivity index (χ4n) is 2.39. The van der Waals surface area contributed by atoms with E-state index >= 15 is 0 Å². The highest BCUT2D eigenvalue weighted by Gasteiger charge is 2.35. The van der Waals surface area contributed by atoms with Crippen molar-refractivity contribution in [3.8, 4) is 0 Å². The van der Waals surface area contributed by atoms with Gasteiger partial charge in [-0.25, -0.2) is 0 Å². The summed E-state index contributed by atoms with van der Waals surface area (Å²) in [6.45, 7) is 6.88. The number of rotatable bonds is 6. The first-order valence-electron chi connectivity index (χ1n) is 9.20. The Morgan fingerprint density at radius 2 is 1.90 bits per heavy atom. The van der Waals surface area contributed by atoms with E-state index in [1.54, 1.807) is 45.9 Å². The van der Waals surface area contributed by atoms with Gasteiger partial charge in [-0.05, 0) is 36.4 Å². The molecule has 1 saturated heterocycles. The largest absolute Gasteiger partial charge is 0.353 e. The van der Waals surface area contributed by atoms with E-state index in [1.165, 1.54) is 6.08 Å². The Hall–Kier alpha value is -2.03. The lowest BCUT2D eigenvalue weighted by Gasteiger charge is -2.21. The Morgan fingerprint density at radius 1 is 1.23 bits per heavy atom. The monoisotopic (exact) mass is 471 g/mol. The van der Waals surface area contributed by atoms with Gasteiger partial charge in [0.1, 0.15) is 6.04 Å². The SMILES string of the molecule is CC(NC(=O)C(C)(C)C)C(=O)NCCN1C(=O)S/C(=C\c2cccc(Cl)c2Cl)C1=O. The van der Waals surface area contributed by atoms with Crippen LogP contribution in [0.4, 0.5) is 4.79 Å². The maximum Gasteiger partial charge on any atom is 0.293 e. The normalized spacial score (nSPS) is 16.7. The Morgan fingerprint density at radius 3 is 2.53 bits per heavy atom. The number of carbonyl (C=O) groups is 4. The quantitative estimate of drug-likeness (QED) is 0.616. The molecule has 1 aliphatic heterocycles. The summed E-state index contributed by atoms with van der Waals surface area (Å²) in [4.78, 5) is 50.1. The van der Waals surface area contributed by atoms with Crippen LogP contribution < -0.4 is 10.6 Å². The molecule has 2 N–H and O–H groups in total. The number of thioether (sulfide) groups is 1. The molecule has 0 radical (unpaired) electrons. The minimum absolute atomic E-state index is 0.0109. The van der Waals surface area contributed by atoms with Crippen LogP contribution in [-0.2, 0) is 14.4 Å². The van der Waals surface area contributed by atoms with E-state index in [-0.39, 0.29) is 23.9 Å². The zero-order valence-corrected chi connectivity index (χ0v) is 19.4. The van der Waals surface area contributed by atoms with Crippen molar-refractivity contribution in [3.63, 3.8) is 0 Å². The van der Waals surface area contributed by atoms with Crippen LogP contribution in [0.1, 0.15) is 33.3 Å². The molecule has 1 atom stereocenters. The average Bonchev–Trinajstić information content (AvgIpc) is 2.91. The summed E-state index contributed by atoms with van der Waals surface area (Å²) >= 11 is 12.9. The van der Waals surface area contributed by atoms with Gasteiger partial charge in [-0.3, -0.25) is 24.1 Å². The van der Waals surface area contributed by atoms with Crippen LogP contribution in [0.15, 0.2) is 23.1 Å². The second kappa shape index (κ2) is 9.85. The number of carbonyl (C=O) groups excluding carboxylic acids is 4. The molecule has 2 rings (SSSR count). The van der Waals surface area contributed by atoms with E-state index in [4.69, 9.17) is 23.2 Å². The van der Waals surface area contributed by atoms with Gasteiger partial charge >= 0.3 is 0 Å². The topological polar surface area (TPSA) is 95.6 Å². The Bertz CT molecular complexity index is 912. The number of amides is 4. The van der Waals surface area contributed by atoms with E-state index in [0.717, 1.165) is 16.7 Å². The third-order valence-corrected chi connectivity index (χ3v) is 5.94. The second-order valence-corrected chi connectivity index (χ2v) is 9.49. The Balaban J connectivity index is 1.93. The molecule has 0 saturated carbocycles. The maximum absolute atomic E-state index is 12.6. The molecule has 0 aromatic heterocycles. The lowest BCUT2D eigenvalue weighted by molar-refractivity contribution is -0.133. The number of halogens is 2. The number of nitrogens with one attached hydrogen (secondary N) is 2. The summed E-state index contributed by atoms with van der Waals surface area (Å²) in [5.74, 6) is -1.12. The van der Waals surface area contributed by atoms with E-state index < -0.39 is 28.5 Å². The smallest absolute Gasteiger partial charge is 0.293 e. The highest BCUT2D eigenvalue weighted by molar-refractivity contribution is 8.18. The summed E-state index contributed by atoms with van der Waals surface area (Å²) in [5.41, 5.74) is -0.0826. The zero-order valence-electron chi connectivity index (χ0n) is 17.0. The number of hydrogen-bond donors (Lipinski definition) is 2. The van der Waals surface area contributed by atoms with Gasteiger partial charge in [0, 0.05) is 18.5 Å². The lowest BCUT2D eigenvalue weighted by atomic mass is 9.95. The van der Waals surface area contributed by atoms with Crippen molar-refractivity contribution < 1.29 is 19.2 Å². The summed E-state index contributed by atoms with van der Waals surface area (Å²) in [6.07, 6.45) is 1.52. The van der Waals surface area contributed by atoms with Crippen molar-refractivity contribution >= 4 is 64.0 Å². The molecule has 162 valence electrons. The Labute approximate surface area is 189 Å². The van der Waals surface area contributed by atoms with Crippen molar-refractivity contribution in [2.24, 2.45) is 5.41 Å². The van der Waals surface area contributed by atoms with Gasteiger partial charge in [-0.1, -0.05) is 56.1 Å². The third kappa shape index (κ3) is 6.00. The highest BCUT2D eigenvalue weighted by atomic mass is 35.5. The Kier molecular flexibility index (Phi) is 7.96. The van der Waals surface area contributed by atoms with Crippen molar-refractivity contribution in [3.05, 3.63) is 38.7 Å². The first-order valence-corrected chi connectivity index (χ1v) is 10.8. The second-order valence-electron chi connectivity index (χ2n) is 7.71. The van der Waals surface area contributed by atoms with Crippen LogP contribution in [0.3, 0.4) is 0 Å². The van der Waals surface area contributed by atoms with E-state index in [0.29, 0.717) is 15.6 Å². The summed E-state index contributed by atoms with van der Waals surface area (Å²) in [6, 6.07) is 4.27. The van der Waals surface area contributed by atoms with Gasteiger partial charge in [0.25, 0.3) is 11.1 Å². The molecule has 1 aromatic carbocycles. The van der Waals surface area contributed by atoms with Crippen molar-refractivity contribution in [1.82, 2.24) is 15.5 Å². The van der Waals surface area contributed by atoms with Crippen molar-refractivity contribution in [2.75, 3.05) is 13.1 Å². The maximum atomic E-state index is 12.6. The highest BCUT2D eigenvalue weighted by Crippen LogP contribution is 2.34. The van der Waals surface area contributed by atoms with Gasteiger partial charge < -0.3 is 10.6 Å². The predicted molar refractivity (Wildman–Crippen MR) is 119 cm³/mol. The molecular formula is C20H23Cl2N3O4S. The molecule has 1 unspecified atom stereocenters. The summed E-state index contributed by atoms with van der Waals surface area (Å²) < 4.78 is 0. The van der Waals surface area contributed by atoms with Crippen LogP contribution in [0.5, 0.6) is 0 Å². The van der Waals surface area contributed by atoms with E-state index in [2.05, 4.69) is 10.6 Å². The average molecular weight is 472 g/mol. The van der Waals surface area contributed by atoms with Crippen LogP contribution in [-0.4, -0.2) is 47.0 Å². The number of benzene rings is 1.